The minimum atomic E-state index is -0.920. The Balaban J connectivity index is 1.89. The number of alkyl halides is 1. The molecule has 0 saturated heterocycles. The number of aliphatic carboxylic acids is 1. The molecule has 0 amide bonds. The van der Waals surface area contributed by atoms with Gasteiger partial charge in [0.1, 0.15) is 0 Å². The van der Waals surface area contributed by atoms with Gasteiger partial charge in [-0.3, -0.25) is 5.32 Å². The second-order valence-electron chi connectivity index (χ2n) is 5.87. The zero-order chi connectivity index (χ0) is 17.3. The van der Waals surface area contributed by atoms with E-state index in [1.807, 2.05) is 24.3 Å². The summed E-state index contributed by atoms with van der Waals surface area (Å²) in [5, 5.41) is 14.0. The molecule has 1 aliphatic carbocycles. The molecule has 0 radical (unpaired) electrons. The molecule has 1 aliphatic heterocycles. The van der Waals surface area contributed by atoms with E-state index >= 15 is 0 Å². The van der Waals surface area contributed by atoms with Gasteiger partial charge in [-0.05, 0) is 36.6 Å². The maximum atomic E-state index is 11.6. The average Bonchev–Trinajstić information content (AvgIpc) is 2.57. The highest BCUT2D eigenvalue weighted by atomic mass is 35.5. The molecule has 3 nitrogen and oxygen atoms in total. The number of carboxylic acids is 1. The van der Waals surface area contributed by atoms with Crippen molar-refractivity contribution in [2.45, 2.75) is 30.3 Å². The Hall–Kier alpha value is -1.26. The third-order valence-corrected chi connectivity index (χ3v) is 5.46. The van der Waals surface area contributed by atoms with Gasteiger partial charge in [0, 0.05) is 16.1 Å². The molecule has 3 unspecified atom stereocenters. The van der Waals surface area contributed by atoms with Crippen molar-refractivity contribution < 1.29 is 9.90 Å². The van der Waals surface area contributed by atoms with Gasteiger partial charge in [0.2, 0.25) is 0 Å². The van der Waals surface area contributed by atoms with E-state index in [4.69, 9.17) is 34.8 Å². The van der Waals surface area contributed by atoms with Crippen LogP contribution in [0.3, 0.4) is 0 Å². The lowest BCUT2D eigenvalue weighted by Crippen LogP contribution is -2.40. The molecule has 1 aromatic rings. The minimum Gasteiger partial charge on any atom is -0.478 e. The number of hydrogen-bond acceptors (Lipinski definition) is 2. The summed E-state index contributed by atoms with van der Waals surface area (Å²) in [4.78, 5) is 11.6. The largest absolute Gasteiger partial charge is 0.478 e. The van der Waals surface area contributed by atoms with Crippen molar-refractivity contribution in [1.82, 2.24) is 5.32 Å². The van der Waals surface area contributed by atoms with Crippen LogP contribution in [0.25, 0.3) is 0 Å². The predicted molar refractivity (Wildman–Crippen MR) is 97.7 cm³/mol. The van der Waals surface area contributed by atoms with Gasteiger partial charge in [-0.2, -0.15) is 0 Å². The molecule has 0 spiro atoms. The molecular formula is C18H16Cl3NO2. The molecule has 1 heterocycles. The Morgan fingerprint density at radius 3 is 2.50 bits per heavy atom. The average molecular weight is 385 g/mol. The lowest BCUT2D eigenvalue weighted by atomic mass is 9.87. The molecule has 126 valence electrons. The fourth-order valence-corrected chi connectivity index (χ4v) is 3.56. The van der Waals surface area contributed by atoms with Crippen LogP contribution in [0.5, 0.6) is 0 Å². The molecule has 3 atom stereocenters. The Kier molecular flexibility index (Phi) is 5.36. The Labute approximate surface area is 155 Å². The van der Waals surface area contributed by atoms with Gasteiger partial charge in [-0.1, -0.05) is 53.1 Å². The summed E-state index contributed by atoms with van der Waals surface area (Å²) in [5.74, 6) is -0.920. The first-order valence-corrected chi connectivity index (χ1v) is 8.80. The number of nitrogens with one attached hydrogen (secondary N) is 1. The smallest absolute Gasteiger partial charge is 0.333 e. The number of carboxylic acid groups (broad SMARTS) is 1. The van der Waals surface area contributed by atoms with Crippen molar-refractivity contribution in [1.29, 1.82) is 0 Å². The second-order valence-corrected chi connectivity index (χ2v) is 7.27. The van der Waals surface area contributed by atoms with Gasteiger partial charge in [0.15, 0.2) is 0 Å². The van der Waals surface area contributed by atoms with Crippen molar-refractivity contribution in [2.75, 3.05) is 0 Å². The standard InChI is InChI=1S/C18H16Cl3NO2/c19-12-4-1-10(2-5-12)17-13(18(23)24)6-8-16(22-17)11-3-7-14(20)15(21)9-11/h1-7,15-17,22H,8-9H2,(H,23,24). The monoisotopic (exact) mass is 383 g/mol. The first-order chi connectivity index (χ1) is 11.5. The topological polar surface area (TPSA) is 49.3 Å². The van der Waals surface area contributed by atoms with Crippen molar-refractivity contribution in [2.24, 2.45) is 0 Å². The van der Waals surface area contributed by atoms with Crippen LogP contribution in [0.2, 0.25) is 5.02 Å². The molecule has 2 N–H and O–H groups in total. The van der Waals surface area contributed by atoms with E-state index in [1.54, 1.807) is 18.2 Å². The summed E-state index contributed by atoms with van der Waals surface area (Å²) in [6.45, 7) is 0. The number of carbonyl (C=O) groups is 1. The van der Waals surface area contributed by atoms with Crippen molar-refractivity contribution in [3.63, 3.8) is 0 Å². The fourth-order valence-electron chi connectivity index (χ4n) is 3.04. The maximum absolute atomic E-state index is 11.6. The van der Waals surface area contributed by atoms with Crippen LogP contribution in [-0.2, 0) is 4.79 Å². The molecule has 2 aliphatic rings. The molecule has 1 aromatic carbocycles. The molecule has 0 bridgehead atoms. The highest BCUT2D eigenvalue weighted by molar-refractivity contribution is 6.37. The fraction of sp³-hybridized carbons (Fsp3) is 0.278. The maximum Gasteiger partial charge on any atom is 0.333 e. The van der Waals surface area contributed by atoms with E-state index in [0.29, 0.717) is 28.5 Å². The molecule has 0 aromatic heterocycles. The van der Waals surface area contributed by atoms with Gasteiger partial charge >= 0.3 is 5.97 Å². The summed E-state index contributed by atoms with van der Waals surface area (Å²) in [6.07, 6.45) is 6.82. The quantitative estimate of drug-likeness (QED) is 0.735. The molecule has 6 heteroatoms. The summed E-state index contributed by atoms with van der Waals surface area (Å²) in [5.41, 5.74) is 2.34. The van der Waals surface area contributed by atoms with Crippen molar-refractivity contribution >= 4 is 40.8 Å². The number of benzene rings is 1. The lowest BCUT2D eigenvalue weighted by Gasteiger charge is -2.33. The minimum absolute atomic E-state index is 0.0241. The lowest BCUT2D eigenvalue weighted by molar-refractivity contribution is -0.133. The molecule has 3 rings (SSSR count). The highest BCUT2D eigenvalue weighted by Crippen LogP contribution is 2.34. The normalized spacial score (nSPS) is 27.1. The Bertz CT molecular complexity index is 737. The number of hydrogen-bond donors (Lipinski definition) is 2. The summed E-state index contributed by atoms with van der Waals surface area (Å²) >= 11 is 18.2. The molecule has 0 saturated carbocycles. The van der Waals surface area contributed by atoms with E-state index < -0.39 is 12.0 Å². The summed E-state index contributed by atoms with van der Waals surface area (Å²) in [7, 11) is 0. The number of halogens is 3. The van der Waals surface area contributed by atoms with E-state index in [0.717, 1.165) is 11.1 Å². The third kappa shape index (κ3) is 3.70. The Morgan fingerprint density at radius 1 is 1.17 bits per heavy atom. The predicted octanol–water partition coefficient (Wildman–Crippen LogP) is 4.81. The van der Waals surface area contributed by atoms with Crippen molar-refractivity contribution in [3.8, 4) is 0 Å². The van der Waals surface area contributed by atoms with Crippen LogP contribution < -0.4 is 5.32 Å². The molecular weight excluding hydrogens is 369 g/mol. The number of rotatable bonds is 3. The van der Waals surface area contributed by atoms with E-state index in [-0.39, 0.29) is 11.4 Å². The van der Waals surface area contributed by atoms with Gasteiger partial charge in [-0.25, -0.2) is 4.79 Å². The van der Waals surface area contributed by atoms with E-state index in [9.17, 15) is 9.90 Å². The Morgan fingerprint density at radius 2 is 1.88 bits per heavy atom. The molecule has 0 fully saturated rings. The van der Waals surface area contributed by atoms with Crippen molar-refractivity contribution in [3.05, 3.63) is 69.3 Å². The van der Waals surface area contributed by atoms with Gasteiger partial charge in [0.25, 0.3) is 0 Å². The van der Waals surface area contributed by atoms with Crippen LogP contribution >= 0.6 is 34.8 Å². The molecule has 24 heavy (non-hydrogen) atoms. The highest BCUT2D eigenvalue weighted by Gasteiger charge is 2.31. The summed E-state index contributed by atoms with van der Waals surface area (Å²) < 4.78 is 0. The SMILES string of the molecule is O=C(O)C1=CCC(C2=CC=C(Cl)C(Cl)C2)NC1c1ccc(Cl)cc1. The van der Waals surface area contributed by atoms with E-state index in [2.05, 4.69) is 5.32 Å². The first-order valence-electron chi connectivity index (χ1n) is 7.60. The van der Waals surface area contributed by atoms with Crippen LogP contribution in [0, 0.1) is 0 Å². The summed E-state index contributed by atoms with van der Waals surface area (Å²) in [6, 6.07) is 6.84. The third-order valence-electron chi connectivity index (χ3n) is 4.32. The number of allylic oxidation sites excluding steroid dienone is 3. The van der Waals surface area contributed by atoms with Gasteiger partial charge < -0.3 is 5.11 Å². The van der Waals surface area contributed by atoms with Crippen LogP contribution in [0.1, 0.15) is 24.4 Å². The first kappa shape index (κ1) is 17.6. The van der Waals surface area contributed by atoms with Gasteiger partial charge in [-0.15, -0.1) is 11.6 Å². The zero-order valence-corrected chi connectivity index (χ0v) is 14.9. The second kappa shape index (κ2) is 7.32. The van der Waals surface area contributed by atoms with Crippen LogP contribution in [0.15, 0.2) is 58.7 Å². The zero-order valence-electron chi connectivity index (χ0n) is 12.7. The van der Waals surface area contributed by atoms with Crippen LogP contribution in [0.4, 0.5) is 0 Å². The van der Waals surface area contributed by atoms with Crippen LogP contribution in [-0.4, -0.2) is 22.5 Å². The van der Waals surface area contributed by atoms with E-state index in [1.165, 1.54) is 0 Å². The van der Waals surface area contributed by atoms with Gasteiger partial charge in [0.05, 0.1) is 17.0 Å².